The van der Waals surface area contributed by atoms with Gasteiger partial charge in [-0.25, -0.2) is 4.79 Å². The van der Waals surface area contributed by atoms with Crippen molar-refractivity contribution >= 4 is 17.6 Å². The Kier molecular flexibility index (Phi) is 6.22. The van der Waals surface area contributed by atoms with Crippen LogP contribution in [0.5, 0.6) is 0 Å². The zero-order valence-electron chi connectivity index (χ0n) is 13.7. The highest BCUT2D eigenvalue weighted by Gasteiger charge is 2.18. The molecule has 0 aliphatic heterocycles. The Morgan fingerprint density at radius 1 is 1.12 bits per heavy atom. The summed E-state index contributed by atoms with van der Waals surface area (Å²) in [6, 6.07) is 13.3. The summed E-state index contributed by atoms with van der Waals surface area (Å²) in [5, 5.41) is 13.7. The second-order valence-electron chi connectivity index (χ2n) is 5.36. The third-order valence-corrected chi connectivity index (χ3v) is 3.58. The molecule has 2 aromatic rings. The zero-order valence-corrected chi connectivity index (χ0v) is 13.7. The van der Waals surface area contributed by atoms with Gasteiger partial charge in [0.15, 0.2) is 0 Å². The van der Waals surface area contributed by atoms with Gasteiger partial charge in [-0.1, -0.05) is 30.3 Å². The van der Waals surface area contributed by atoms with Crippen molar-refractivity contribution in [3.8, 4) is 0 Å². The standard InChI is InChI=1S/C18H18N2O5/c1-25-18(22)15-10-14(11-16(12-15)20(23)24)17(21)19-9-5-8-13-6-3-2-4-7-13/h2-4,6-7,10-12H,5,8-9H2,1H3,(H,19,21). The van der Waals surface area contributed by atoms with E-state index in [1.165, 1.54) is 18.7 Å². The summed E-state index contributed by atoms with van der Waals surface area (Å²) in [6.45, 7) is 0.421. The van der Waals surface area contributed by atoms with E-state index in [4.69, 9.17) is 0 Å². The number of nitro groups is 1. The van der Waals surface area contributed by atoms with Gasteiger partial charge in [-0.05, 0) is 24.5 Å². The van der Waals surface area contributed by atoms with Crippen LogP contribution in [0, 0.1) is 10.1 Å². The van der Waals surface area contributed by atoms with Gasteiger partial charge < -0.3 is 10.1 Å². The van der Waals surface area contributed by atoms with E-state index in [2.05, 4.69) is 10.1 Å². The molecule has 0 spiro atoms. The lowest BCUT2D eigenvalue weighted by molar-refractivity contribution is -0.384. The molecule has 2 rings (SSSR count). The van der Waals surface area contributed by atoms with Gasteiger partial charge in [-0.2, -0.15) is 0 Å². The number of non-ortho nitro benzene ring substituents is 1. The van der Waals surface area contributed by atoms with Gasteiger partial charge in [0.05, 0.1) is 17.6 Å². The fourth-order valence-corrected chi connectivity index (χ4v) is 2.32. The molecule has 0 unspecified atom stereocenters. The predicted octanol–water partition coefficient (Wildman–Crippen LogP) is 2.74. The van der Waals surface area contributed by atoms with Crippen LogP contribution in [-0.2, 0) is 11.2 Å². The number of nitrogens with one attached hydrogen (secondary N) is 1. The number of hydrogen-bond acceptors (Lipinski definition) is 5. The van der Waals surface area contributed by atoms with Crippen LogP contribution in [0.3, 0.4) is 0 Å². The normalized spacial score (nSPS) is 10.1. The number of carbonyl (C=O) groups excluding carboxylic acids is 2. The number of esters is 1. The molecule has 7 heteroatoms. The molecule has 2 aromatic carbocycles. The molecule has 1 N–H and O–H groups in total. The number of methoxy groups -OCH3 is 1. The van der Waals surface area contributed by atoms with E-state index in [0.717, 1.165) is 25.0 Å². The van der Waals surface area contributed by atoms with Crippen LogP contribution in [0.15, 0.2) is 48.5 Å². The molecule has 25 heavy (non-hydrogen) atoms. The highest BCUT2D eigenvalue weighted by atomic mass is 16.6. The van der Waals surface area contributed by atoms with Crippen LogP contribution in [0.25, 0.3) is 0 Å². The first kappa shape index (κ1) is 18.1. The lowest BCUT2D eigenvalue weighted by Gasteiger charge is -2.07. The van der Waals surface area contributed by atoms with Crippen LogP contribution < -0.4 is 5.32 Å². The maximum Gasteiger partial charge on any atom is 0.338 e. The van der Waals surface area contributed by atoms with Gasteiger partial charge in [0, 0.05) is 24.2 Å². The number of nitrogens with zero attached hydrogens (tertiary/aromatic N) is 1. The lowest BCUT2D eigenvalue weighted by Crippen LogP contribution is -2.25. The maximum absolute atomic E-state index is 12.2. The zero-order chi connectivity index (χ0) is 18.2. The largest absolute Gasteiger partial charge is 0.465 e. The van der Waals surface area contributed by atoms with Crippen molar-refractivity contribution in [3.63, 3.8) is 0 Å². The topological polar surface area (TPSA) is 98.5 Å². The molecule has 0 heterocycles. The summed E-state index contributed by atoms with van der Waals surface area (Å²) in [6.07, 6.45) is 1.54. The number of carbonyl (C=O) groups is 2. The third-order valence-electron chi connectivity index (χ3n) is 3.58. The van der Waals surface area contributed by atoms with Gasteiger partial charge in [-0.15, -0.1) is 0 Å². The Bertz CT molecular complexity index is 774. The van der Waals surface area contributed by atoms with Crippen molar-refractivity contribution in [3.05, 3.63) is 75.3 Å². The smallest absolute Gasteiger partial charge is 0.338 e. The Morgan fingerprint density at radius 2 is 1.80 bits per heavy atom. The second kappa shape index (κ2) is 8.58. The highest BCUT2D eigenvalue weighted by molar-refractivity contribution is 5.98. The molecule has 0 saturated carbocycles. The molecular weight excluding hydrogens is 324 g/mol. The quantitative estimate of drug-likeness (QED) is 0.361. The first-order valence-electron chi connectivity index (χ1n) is 7.71. The van der Waals surface area contributed by atoms with Gasteiger partial charge >= 0.3 is 5.97 Å². The fourth-order valence-electron chi connectivity index (χ4n) is 2.32. The second-order valence-corrected chi connectivity index (χ2v) is 5.36. The van der Waals surface area contributed by atoms with Gasteiger partial charge in [-0.3, -0.25) is 14.9 Å². The van der Waals surface area contributed by atoms with Gasteiger partial charge in [0.25, 0.3) is 11.6 Å². The van der Waals surface area contributed by atoms with Crippen molar-refractivity contribution in [2.24, 2.45) is 0 Å². The molecule has 0 aliphatic rings. The molecule has 130 valence electrons. The lowest BCUT2D eigenvalue weighted by atomic mass is 10.1. The maximum atomic E-state index is 12.2. The van der Waals surface area contributed by atoms with Crippen LogP contribution in [0.2, 0.25) is 0 Å². The van der Waals surface area contributed by atoms with E-state index in [9.17, 15) is 19.7 Å². The number of nitro benzene ring substituents is 1. The van der Waals surface area contributed by atoms with Crippen LogP contribution >= 0.6 is 0 Å². The molecular formula is C18H18N2O5. The van der Waals surface area contributed by atoms with E-state index in [1.54, 1.807) is 0 Å². The van der Waals surface area contributed by atoms with Crippen molar-refractivity contribution < 1.29 is 19.2 Å². The van der Waals surface area contributed by atoms with Crippen LogP contribution in [0.1, 0.15) is 32.7 Å². The SMILES string of the molecule is COC(=O)c1cc(C(=O)NCCCc2ccccc2)cc([N+](=O)[O-])c1. The first-order valence-corrected chi connectivity index (χ1v) is 7.71. The summed E-state index contributed by atoms with van der Waals surface area (Å²) in [4.78, 5) is 34.1. The average Bonchev–Trinajstić information content (AvgIpc) is 2.64. The van der Waals surface area contributed by atoms with Gasteiger partial charge in [0.2, 0.25) is 0 Å². The molecule has 0 fully saturated rings. The van der Waals surface area contributed by atoms with Crippen LogP contribution in [0.4, 0.5) is 5.69 Å². The number of hydrogen-bond donors (Lipinski definition) is 1. The van der Waals surface area contributed by atoms with Gasteiger partial charge in [0.1, 0.15) is 0 Å². The van der Waals surface area contributed by atoms with Crippen LogP contribution in [-0.4, -0.2) is 30.5 Å². The highest BCUT2D eigenvalue weighted by Crippen LogP contribution is 2.18. The number of rotatable bonds is 7. The Balaban J connectivity index is 2.01. The fraction of sp³-hybridized carbons (Fsp3) is 0.222. The molecule has 0 aromatic heterocycles. The number of ether oxygens (including phenoxy) is 1. The molecule has 0 atom stereocenters. The summed E-state index contributed by atoms with van der Waals surface area (Å²) in [7, 11) is 1.17. The minimum Gasteiger partial charge on any atom is -0.465 e. The monoisotopic (exact) mass is 342 g/mol. The van der Waals surface area contributed by atoms with E-state index in [1.807, 2.05) is 30.3 Å². The molecule has 0 saturated heterocycles. The summed E-state index contributed by atoms with van der Waals surface area (Å²) in [5.41, 5.74) is 0.845. The van der Waals surface area contributed by atoms with Crippen molar-refractivity contribution in [2.75, 3.05) is 13.7 Å². The predicted molar refractivity (Wildman–Crippen MR) is 91.5 cm³/mol. The molecule has 7 nitrogen and oxygen atoms in total. The van der Waals surface area contributed by atoms with E-state index < -0.39 is 16.8 Å². The molecule has 0 radical (unpaired) electrons. The molecule has 1 amide bonds. The van der Waals surface area contributed by atoms with Crippen molar-refractivity contribution in [2.45, 2.75) is 12.8 Å². The summed E-state index contributed by atoms with van der Waals surface area (Å²) in [5.74, 6) is -1.20. The van der Waals surface area contributed by atoms with E-state index in [-0.39, 0.29) is 16.8 Å². The number of aryl methyl sites for hydroxylation is 1. The molecule has 0 aliphatic carbocycles. The minimum atomic E-state index is -0.734. The van der Waals surface area contributed by atoms with E-state index >= 15 is 0 Å². The first-order chi connectivity index (χ1) is 12.0. The van der Waals surface area contributed by atoms with E-state index in [0.29, 0.717) is 6.54 Å². The Labute approximate surface area is 144 Å². The molecule has 0 bridgehead atoms. The summed E-state index contributed by atoms with van der Waals surface area (Å²) >= 11 is 0. The third kappa shape index (κ3) is 5.13. The summed E-state index contributed by atoms with van der Waals surface area (Å²) < 4.78 is 4.56. The number of benzene rings is 2. The average molecular weight is 342 g/mol. The van der Waals surface area contributed by atoms with Crippen molar-refractivity contribution in [1.82, 2.24) is 5.32 Å². The minimum absolute atomic E-state index is 0.0360. The Hall–Kier alpha value is -3.22. The number of amides is 1. The Morgan fingerprint density at radius 3 is 2.44 bits per heavy atom. The van der Waals surface area contributed by atoms with Crippen molar-refractivity contribution in [1.29, 1.82) is 0 Å².